The number of nitrogens with two attached hydrogens (primary N) is 1. The molecule has 1 amide bonds. The number of ether oxygens (including phenoxy) is 1. The van der Waals surface area contributed by atoms with Crippen molar-refractivity contribution >= 4 is 5.91 Å². The van der Waals surface area contributed by atoms with Crippen LogP contribution >= 0.6 is 0 Å². The molecule has 0 unspecified atom stereocenters. The lowest BCUT2D eigenvalue weighted by atomic mass is 9.97. The molecule has 1 aromatic rings. The molecular formula is C16H24N2O2. The third-order valence-corrected chi connectivity index (χ3v) is 3.97. The highest BCUT2D eigenvalue weighted by atomic mass is 16.5. The SMILES string of the molecule is COc1ccc([C@@H]2C[C@@H](C)N(C(=O)C(C)(C)N)C2)cc1. The number of carbonyl (C=O) groups is 1. The Morgan fingerprint density at radius 1 is 1.35 bits per heavy atom. The van der Waals surface area contributed by atoms with Crippen molar-refractivity contribution in [3.8, 4) is 5.75 Å². The quantitative estimate of drug-likeness (QED) is 0.920. The zero-order valence-corrected chi connectivity index (χ0v) is 12.7. The van der Waals surface area contributed by atoms with Crippen LogP contribution in [0.15, 0.2) is 24.3 Å². The third kappa shape index (κ3) is 2.96. The summed E-state index contributed by atoms with van der Waals surface area (Å²) in [5, 5.41) is 0. The molecular weight excluding hydrogens is 252 g/mol. The molecule has 2 atom stereocenters. The Morgan fingerprint density at radius 3 is 2.45 bits per heavy atom. The largest absolute Gasteiger partial charge is 0.497 e. The van der Waals surface area contributed by atoms with E-state index in [1.807, 2.05) is 17.0 Å². The van der Waals surface area contributed by atoms with E-state index in [1.165, 1.54) is 5.56 Å². The Bertz CT molecular complexity index is 476. The third-order valence-electron chi connectivity index (χ3n) is 3.97. The van der Waals surface area contributed by atoms with Gasteiger partial charge in [0.25, 0.3) is 0 Å². The number of methoxy groups -OCH3 is 1. The molecule has 4 nitrogen and oxygen atoms in total. The van der Waals surface area contributed by atoms with Crippen LogP contribution in [0, 0.1) is 0 Å². The molecule has 110 valence electrons. The molecule has 1 aromatic carbocycles. The summed E-state index contributed by atoms with van der Waals surface area (Å²) in [4.78, 5) is 14.2. The molecule has 20 heavy (non-hydrogen) atoms. The minimum absolute atomic E-state index is 0.0287. The van der Waals surface area contributed by atoms with E-state index in [9.17, 15) is 4.79 Å². The Hall–Kier alpha value is -1.55. The van der Waals surface area contributed by atoms with Gasteiger partial charge in [0.05, 0.1) is 12.6 Å². The summed E-state index contributed by atoms with van der Waals surface area (Å²) in [6.07, 6.45) is 0.980. The van der Waals surface area contributed by atoms with Gasteiger partial charge in [0, 0.05) is 18.5 Å². The molecule has 1 saturated heterocycles. The van der Waals surface area contributed by atoms with Crippen LogP contribution in [0.1, 0.15) is 38.7 Å². The fourth-order valence-corrected chi connectivity index (χ4v) is 2.80. The molecule has 0 radical (unpaired) electrons. The lowest BCUT2D eigenvalue weighted by Crippen LogP contribution is -2.52. The molecule has 1 aliphatic rings. The number of hydrogen-bond acceptors (Lipinski definition) is 3. The summed E-state index contributed by atoms with van der Waals surface area (Å²) in [5.41, 5.74) is 6.39. The number of benzene rings is 1. The molecule has 0 saturated carbocycles. The van der Waals surface area contributed by atoms with Gasteiger partial charge >= 0.3 is 0 Å². The van der Waals surface area contributed by atoms with E-state index >= 15 is 0 Å². The first kappa shape index (κ1) is 14.9. The fourth-order valence-electron chi connectivity index (χ4n) is 2.80. The second-order valence-corrected chi connectivity index (χ2v) is 6.23. The van der Waals surface area contributed by atoms with Gasteiger partial charge in [-0.25, -0.2) is 0 Å². The monoisotopic (exact) mass is 276 g/mol. The van der Waals surface area contributed by atoms with Crippen molar-refractivity contribution < 1.29 is 9.53 Å². The molecule has 0 spiro atoms. The van der Waals surface area contributed by atoms with E-state index in [4.69, 9.17) is 10.5 Å². The van der Waals surface area contributed by atoms with E-state index in [1.54, 1.807) is 21.0 Å². The lowest BCUT2D eigenvalue weighted by molar-refractivity contribution is -0.136. The van der Waals surface area contributed by atoms with Crippen molar-refractivity contribution in [3.05, 3.63) is 29.8 Å². The Labute approximate surface area is 120 Å². The maximum Gasteiger partial charge on any atom is 0.242 e. The van der Waals surface area contributed by atoms with Crippen molar-refractivity contribution in [2.45, 2.75) is 44.7 Å². The Balaban J connectivity index is 2.11. The average molecular weight is 276 g/mol. The molecule has 0 aliphatic carbocycles. The second kappa shape index (κ2) is 5.44. The van der Waals surface area contributed by atoms with Crippen LogP contribution in [0.5, 0.6) is 5.75 Å². The molecule has 2 rings (SSSR count). The normalized spacial score (nSPS) is 22.9. The molecule has 1 heterocycles. The smallest absolute Gasteiger partial charge is 0.242 e. The maximum absolute atomic E-state index is 12.3. The number of carbonyl (C=O) groups excluding carboxylic acids is 1. The van der Waals surface area contributed by atoms with Crippen LogP contribution in [0.3, 0.4) is 0 Å². The fraction of sp³-hybridized carbons (Fsp3) is 0.562. The van der Waals surface area contributed by atoms with E-state index in [-0.39, 0.29) is 11.9 Å². The highest BCUT2D eigenvalue weighted by Crippen LogP contribution is 2.33. The van der Waals surface area contributed by atoms with Gasteiger partial charge in [-0.15, -0.1) is 0 Å². The van der Waals surface area contributed by atoms with E-state index in [0.29, 0.717) is 5.92 Å². The standard InChI is InChI=1S/C16H24N2O2/c1-11-9-13(10-18(11)15(19)16(2,3)17)12-5-7-14(20-4)8-6-12/h5-8,11,13H,9-10,17H2,1-4H3/t11-,13-/m1/s1. The number of nitrogens with zero attached hydrogens (tertiary/aromatic N) is 1. The summed E-state index contributed by atoms with van der Waals surface area (Å²) in [6.45, 7) is 6.37. The van der Waals surface area contributed by atoms with Gasteiger partial charge in [-0.2, -0.15) is 0 Å². The summed E-state index contributed by atoms with van der Waals surface area (Å²) in [7, 11) is 1.66. The molecule has 2 N–H and O–H groups in total. The molecule has 4 heteroatoms. The summed E-state index contributed by atoms with van der Waals surface area (Å²) >= 11 is 0. The van der Waals surface area contributed by atoms with Crippen molar-refractivity contribution in [2.75, 3.05) is 13.7 Å². The zero-order valence-electron chi connectivity index (χ0n) is 12.7. The van der Waals surface area contributed by atoms with Gasteiger partial charge in [0.2, 0.25) is 5.91 Å². The first-order valence-electron chi connectivity index (χ1n) is 7.07. The van der Waals surface area contributed by atoms with Crippen molar-refractivity contribution in [3.63, 3.8) is 0 Å². The van der Waals surface area contributed by atoms with Crippen LogP contribution < -0.4 is 10.5 Å². The van der Waals surface area contributed by atoms with Crippen LogP contribution in [0.2, 0.25) is 0 Å². The van der Waals surface area contributed by atoms with Gasteiger partial charge in [-0.1, -0.05) is 12.1 Å². The maximum atomic E-state index is 12.3. The van der Waals surface area contributed by atoms with Gasteiger partial charge in [-0.3, -0.25) is 4.79 Å². The minimum Gasteiger partial charge on any atom is -0.497 e. The Kier molecular flexibility index (Phi) is 4.04. The van der Waals surface area contributed by atoms with Crippen LogP contribution in [-0.2, 0) is 4.79 Å². The van der Waals surface area contributed by atoms with Gasteiger partial charge < -0.3 is 15.4 Å². The summed E-state index contributed by atoms with van der Waals surface area (Å²) in [6, 6.07) is 8.34. The second-order valence-electron chi connectivity index (χ2n) is 6.23. The van der Waals surface area contributed by atoms with Crippen LogP contribution in [-0.4, -0.2) is 36.0 Å². The van der Waals surface area contributed by atoms with Crippen molar-refractivity contribution in [1.82, 2.24) is 4.90 Å². The molecule has 0 bridgehead atoms. The molecule has 1 fully saturated rings. The minimum atomic E-state index is -0.803. The average Bonchev–Trinajstić information content (AvgIpc) is 2.79. The van der Waals surface area contributed by atoms with E-state index < -0.39 is 5.54 Å². The topological polar surface area (TPSA) is 55.6 Å². The summed E-state index contributed by atoms with van der Waals surface area (Å²) < 4.78 is 5.18. The number of amides is 1. The lowest BCUT2D eigenvalue weighted by Gasteiger charge is -2.29. The van der Waals surface area contributed by atoms with Crippen molar-refractivity contribution in [2.24, 2.45) is 5.73 Å². The molecule has 0 aromatic heterocycles. The summed E-state index contributed by atoms with van der Waals surface area (Å²) in [5.74, 6) is 1.26. The van der Waals surface area contributed by atoms with Gasteiger partial charge in [0.1, 0.15) is 5.75 Å². The number of hydrogen-bond donors (Lipinski definition) is 1. The first-order valence-corrected chi connectivity index (χ1v) is 7.07. The highest BCUT2D eigenvalue weighted by Gasteiger charge is 2.37. The first-order chi connectivity index (χ1) is 9.32. The zero-order chi connectivity index (χ0) is 14.9. The predicted octanol–water partition coefficient (Wildman–Crippen LogP) is 2.14. The van der Waals surface area contributed by atoms with Gasteiger partial charge in [0.15, 0.2) is 0 Å². The van der Waals surface area contributed by atoms with Crippen LogP contribution in [0.4, 0.5) is 0 Å². The Morgan fingerprint density at radius 2 is 1.95 bits per heavy atom. The van der Waals surface area contributed by atoms with Crippen molar-refractivity contribution in [1.29, 1.82) is 0 Å². The number of rotatable bonds is 3. The van der Waals surface area contributed by atoms with Gasteiger partial charge in [-0.05, 0) is 44.9 Å². The molecule has 1 aliphatic heterocycles. The van der Waals surface area contributed by atoms with Crippen LogP contribution in [0.25, 0.3) is 0 Å². The number of likely N-dealkylation sites (tertiary alicyclic amines) is 1. The highest BCUT2D eigenvalue weighted by molar-refractivity contribution is 5.85. The van der Waals surface area contributed by atoms with E-state index in [2.05, 4.69) is 19.1 Å². The predicted molar refractivity (Wildman–Crippen MR) is 79.8 cm³/mol. The van der Waals surface area contributed by atoms with E-state index in [0.717, 1.165) is 18.7 Å².